The van der Waals surface area contributed by atoms with Crippen molar-refractivity contribution in [2.24, 2.45) is 10.7 Å². The lowest BCUT2D eigenvalue weighted by atomic mass is 10.1. The van der Waals surface area contributed by atoms with Gasteiger partial charge in [0.2, 0.25) is 0 Å². The van der Waals surface area contributed by atoms with Crippen molar-refractivity contribution in [3.05, 3.63) is 75.6 Å². The van der Waals surface area contributed by atoms with E-state index in [1.54, 1.807) is 20.3 Å². The predicted molar refractivity (Wildman–Crippen MR) is 137 cm³/mol. The van der Waals surface area contributed by atoms with E-state index in [0.717, 1.165) is 38.4 Å². The van der Waals surface area contributed by atoms with Gasteiger partial charge < -0.3 is 20.5 Å². The maximum absolute atomic E-state index is 13.5. The van der Waals surface area contributed by atoms with Gasteiger partial charge in [-0.3, -0.25) is 4.99 Å². The quantitative estimate of drug-likeness (QED) is 0.509. The summed E-state index contributed by atoms with van der Waals surface area (Å²) in [6.07, 6.45) is 2.66. The fourth-order valence-corrected chi connectivity index (χ4v) is 4.64. The Morgan fingerprint density at radius 3 is 2.62 bits per heavy atom. The number of hydrogen-bond donors (Lipinski definition) is 2. The van der Waals surface area contributed by atoms with E-state index in [-0.39, 0.29) is 5.82 Å². The predicted octanol–water partition coefficient (Wildman–Crippen LogP) is 5.34. The van der Waals surface area contributed by atoms with Gasteiger partial charge in [0.1, 0.15) is 5.82 Å². The fourth-order valence-electron chi connectivity index (χ4n) is 3.41. The maximum Gasteiger partial charge on any atom is 0.163 e. The van der Waals surface area contributed by atoms with Crippen LogP contribution in [-0.2, 0) is 0 Å². The van der Waals surface area contributed by atoms with Gasteiger partial charge in [-0.2, -0.15) is 0 Å². The Labute approximate surface area is 194 Å². The maximum atomic E-state index is 13.5. The molecule has 5 nitrogen and oxygen atoms in total. The second-order valence-electron chi connectivity index (χ2n) is 7.27. The van der Waals surface area contributed by atoms with Crippen molar-refractivity contribution < 1.29 is 13.9 Å². The van der Waals surface area contributed by atoms with Gasteiger partial charge in [-0.25, -0.2) is 4.39 Å². The smallest absolute Gasteiger partial charge is 0.163 e. The highest BCUT2D eigenvalue weighted by Crippen LogP contribution is 2.37. The first-order valence-corrected chi connectivity index (χ1v) is 11.3. The summed E-state index contributed by atoms with van der Waals surface area (Å²) in [5.74, 6) is 1.06. The van der Waals surface area contributed by atoms with Gasteiger partial charge in [0.15, 0.2) is 11.5 Å². The van der Waals surface area contributed by atoms with Crippen molar-refractivity contribution in [3.8, 4) is 11.5 Å². The Balaban J connectivity index is 1.78. The average Bonchev–Trinajstić information content (AvgIpc) is 3.20. The molecule has 0 amide bonds. The number of anilines is 1. The van der Waals surface area contributed by atoms with Crippen molar-refractivity contribution in [3.63, 3.8) is 0 Å². The van der Waals surface area contributed by atoms with Crippen molar-refractivity contribution >= 4 is 43.4 Å². The third-order valence-corrected chi connectivity index (χ3v) is 6.42. The lowest BCUT2D eigenvalue weighted by Gasteiger charge is -2.16. The monoisotopic (exact) mass is 471 g/mol. The van der Waals surface area contributed by atoms with E-state index >= 15 is 0 Å². The van der Waals surface area contributed by atoms with E-state index < -0.39 is 0 Å². The first-order chi connectivity index (χ1) is 15.2. The number of nitrogens with two attached hydrogens (primary N) is 1. The average molecular weight is 472 g/mol. The van der Waals surface area contributed by atoms with E-state index in [9.17, 15) is 4.39 Å². The Kier molecular flexibility index (Phi) is 7.64. The molecule has 1 unspecified atom stereocenters. The number of allylic oxidation sites excluding steroid dienone is 3. The van der Waals surface area contributed by atoms with Crippen LogP contribution in [0.1, 0.15) is 24.5 Å². The number of methoxy groups -OCH3 is 2. The number of nitrogens with one attached hydrogen (secondary N) is 1. The van der Waals surface area contributed by atoms with Gasteiger partial charge in [-0.15, -0.1) is 9.24 Å². The van der Waals surface area contributed by atoms with Crippen LogP contribution in [0.25, 0.3) is 5.70 Å². The molecule has 1 heterocycles. The topological polar surface area (TPSA) is 68.9 Å². The Morgan fingerprint density at radius 2 is 2.00 bits per heavy atom. The Bertz CT molecular complexity index is 1150. The van der Waals surface area contributed by atoms with Crippen LogP contribution in [-0.4, -0.2) is 19.9 Å². The SMILES string of the molecule is C=C(Nc1cc(C)c(OC)c(OC)c1)S/C(C1=NC(c2ccc(F)cc2P)=CC1)=C(\C)N. The third-order valence-electron chi connectivity index (χ3n) is 4.83. The van der Waals surface area contributed by atoms with Crippen LogP contribution >= 0.6 is 21.0 Å². The lowest BCUT2D eigenvalue weighted by molar-refractivity contribution is 0.353. The first-order valence-electron chi connectivity index (χ1n) is 9.89. The highest BCUT2D eigenvalue weighted by atomic mass is 32.2. The minimum absolute atomic E-state index is 0.275. The van der Waals surface area contributed by atoms with E-state index in [2.05, 4.69) is 21.1 Å². The summed E-state index contributed by atoms with van der Waals surface area (Å²) < 4.78 is 24.3. The van der Waals surface area contributed by atoms with Gasteiger partial charge in [0.05, 0.1) is 35.6 Å². The molecule has 0 fully saturated rings. The van der Waals surface area contributed by atoms with Gasteiger partial charge >= 0.3 is 0 Å². The van der Waals surface area contributed by atoms with Crippen LogP contribution in [0.3, 0.4) is 0 Å². The van der Waals surface area contributed by atoms with Crippen molar-refractivity contribution in [2.75, 3.05) is 19.5 Å². The molecule has 1 atom stereocenters. The summed E-state index contributed by atoms with van der Waals surface area (Å²) in [4.78, 5) is 5.62. The van der Waals surface area contributed by atoms with Crippen molar-refractivity contribution in [2.45, 2.75) is 20.3 Å². The molecule has 3 N–H and O–H groups in total. The van der Waals surface area contributed by atoms with Crippen LogP contribution in [0, 0.1) is 12.7 Å². The number of hydrogen-bond acceptors (Lipinski definition) is 6. The van der Waals surface area contributed by atoms with Gasteiger partial charge in [-0.05, 0) is 49.0 Å². The molecule has 0 bridgehead atoms. The van der Waals surface area contributed by atoms with E-state index in [1.165, 1.54) is 23.9 Å². The van der Waals surface area contributed by atoms with E-state index in [0.29, 0.717) is 28.6 Å². The number of ether oxygens (including phenoxy) is 2. The number of aliphatic imine (C=N–C) groups is 1. The van der Waals surface area contributed by atoms with E-state index in [4.69, 9.17) is 20.2 Å². The minimum Gasteiger partial charge on any atom is -0.493 e. The molecule has 0 saturated carbocycles. The molecule has 3 rings (SSSR count). The Morgan fingerprint density at radius 1 is 1.25 bits per heavy atom. The molecule has 0 aromatic heterocycles. The second-order valence-corrected chi connectivity index (χ2v) is 9.00. The van der Waals surface area contributed by atoms with Crippen LogP contribution in [0.15, 0.2) is 63.6 Å². The van der Waals surface area contributed by atoms with E-state index in [1.807, 2.05) is 32.1 Å². The van der Waals surface area contributed by atoms with Crippen LogP contribution in [0.5, 0.6) is 11.5 Å². The largest absolute Gasteiger partial charge is 0.493 e. The number of thioether (sulfide) groups is 1. The number of benzene rings is 2. The number of halogens is 1. The zero-order valence-electron chi connectivity index (χ0n) is 18.6. The molecular weight excluding hydrogens is 444 g/mol. The molecule has 2 aromatic rings. The highest BCUT2D eigenvalue weighted by Gasteiger charge is 2.19. The number of rotatable bonds is 8. The first kappa shape index (κ1) is 23.9. The molecular formula is C24H27FN3O2PS. The molecule has 0 aliphatic carbocycles. The molecule has 168 valence electrons. The summed E-state index contributed by atoms with van der Waals surface area (Å²) in [7, 11) is 5.78. The lowest BCUT2D eigenvalue weighted by Crippen LogP contribution is -2.07. The summed E-state index contributed by atoms with van der Waals surface area (Å²) in [6, 6.07) is 8.48. The number of nitrogens with zero attached hydrogens (tertiary/aromatic N) is 1. The van der Waals surface area contributed by atoms with Crippen LogP contribution in [0.2, 0.25) is 0 Å². The fraction of sp³-hybridized carbons (Fsp3) is 0.208. The molecule has 2 aromatic carbocycles. The normalized spacial score (nSPS) is 13.8. The van der Waals surface area contributed by atoms with Crippen LogP contribution < -0.4 is 25.8 Å². The summed E-state index contributed by atoms with van der Waals surface area (Å²) in [5, 5.41) is 4.76. The van der Waals surface area contributed by atoms with Gasteiger partial charge in [-0.1, -0.05) is 24.4 Å². The van der Waals surface area contributed by atoms with Crippen LogP contribution in [0.4, 0.5) is 10.1 Å². The summed E-state index contributed by atoms with van der Waals surface area (Å²) >= 11 is 1.43. The minimum atomic E-state index is -0.275. The zero-order valence-corrected chi connectivity index (χ0v) is 20.6. The van der Waals surface area contributed by atoms with Gasteiger partial charge in [0, 0.05) is 29.4 Å². The van der Waals surface area contributed by atoms with Gasteiger partial charge in [0.25, 0.3) is 0 Å². The van der Waals surface area contributed by atoms with Crippen molar-refractivity contribution in [1.29, 1.82) is 0 Å². The molecule has 1 aliphatic rings. The standard InChI is InChI=1S/C24H27FN3O2PS/c1-13-10-17(12-21(29-4)23(13)30-5)27-15(3)32-24(14(2)26)20-9-8-19(28-20)18-7-6-16(25)11-22(18)31/h6-8,10-12,27H,3,9,26,31H2,1-2,4-5H3/b24-14+. The molecule has 32 heavy (non-hydrogen) atoms. The molecule has 8 heteroatoms. The second kappa shape index (κ2) is 10.2. The molecule has 0 spiro atoms. The summed E-state index contributed by atoms with van der Waals surface area (Å²) in [6.45, 7) is 7.94. The molecule has 1 aliphatic heterocycles. The van der Waals surface area contributed by atoms with Crippen molar-refractivity contribution in [1.82, 2.24) is 0 Å². The molecule has 0 saturated heterocycles. The number of aryl methyl sites for hydroxylation is 1. The molecule has 0 radical (unpaired) electrons. The third kappa shape index (κ3) is 5.34. The highest BCUT2D eigenvalue weighted by molar-refractivity contribution is 8.07. The zero-order chi connectivity index (χ0) is 23.4. The Hall–Kier alpha value is -2.76. The summed E-state index contributed by atoms with van der Waals surface area (Å²) in [5.41, 5.74) is 11.2.